The molecule has 0 radical (unpaired) electrons. The summed E-state index contributed by atoms with van der Waals surface area (Å²) in [6.07, 6.45) is 2.04. The Balaban J connectivity index is 1.65. The van der Waals surface area contributed by atoms with Gasteiger partial charge in [-0.1, -0.05) is 12.1 Å². The van der Waals surface area contributed by atoms with Crippen molar-refractivity contribution in [2.24, 2.45) is 0 Å². The van der Waals surface area contributed by atoms with Gasteiger partial charge < -0.3 is 19.9 Å². The second-order valence-electron chi connectivity index (χ2n) is 5.82. The molecule has 26 heavy (non-hydrogen) atoms. The molecule has 3 aromatic rings. The number of anilines is 2. The normalized spacial score (nSPS) is 10.5. The molecule has 0 bridgehead atoms. The van der Waals surface area contributed by atoms with Gasteiger partial charge in [0.1, 0.15) is 5.75 Å². The Bertz CT molecular complexity index is 949. The van der Waals surface area contributed by atoms with Crippen LogP contribution in [0.1, 0.15) is 13.3 Å². The van der Waals surface area contributed by atoms with Gasteiger partial charge in [0.05, 0.1) is 30.2 Å². The highest BCUT2D eigenvalue weighted by Gasteiger charge is 2.09. The summed E-state index contributed by atoms with van der Waals surface area (Å²) < 4.78 is 7.16. The number of fused-ring (bicyclic) bond motifs is 1. The summed E-state index contributed by atoms with van der Waals surface area (Å²) in [4.78, 5) is 27.9. The van der Waals surface area contributed by atoms with Crippen molar-refractivity contribution in [2.75, 3.05) is 17.7 Å². The minimum absolute atomic E-state index is 0.123. The molecule has 1 heterocycles. The van der Waals surface area contributed by atoms with Crippen molar-refractivity contribution in [3.8, 4) is 5.75 Å². The lowest BCUT2D eigenvalue weighted by Gasteiger charge is -2.12. The van der Waals surface area contributed by atoms with Crippen molar-refractivity contribution < 1.29 is 14.3 Å². The summed E-state index contributed by atoms with van der Waals surface area (Å²) in [5, 5.41) is 5.52. The zero-order valence-corrected chi connectivity index (χ0v) is 14.7. The van der Waals surface area contributed by atoms with Gasteiger partial charge in [0, 0.05) is 25.6 Å². The lowest BCUT2D eigenvalue weighted by molar-refractivity contribution is -0.116. The molecular formula is C19H20N4O3. The fourth-order valence-corrected chi connectivity index (χ4v) is 2.71. The van der Waals surface area contributed by atoms with E-state index in [9.17, 15) is 9.59 Å². The van der Waals surface area contributed by atoms with Crippen molar-refractivity contribution >= 4 is 34.2 Å². The number of methoxy groups -OCH3 is 1. The summed E-state index contributed by atoms with van der Waals surface area (Å²) >= 11 is 0. The Morgan fingerprint density at radius 1 is 1.15 bits per heavy atom. The molecule has 1 aromatic heterocycles. The van der Waals surface area contributed by atoms with Crippen LogP contribution in [0, 0.1) is 0 Å². The van der Waals surface area contributed by atoms with E-state index in [1.807, 2.05) is 28.8 Å². The van der Waals surface area contributed by atoms with Crippen LogP contribution in [0.25, 0.3) is 11.0 Å². The van der Waals surface area contributed by atoms with Gasteiger partial charge in [0.15, 0.2) is 0 Å². The molecule has 0 aliphatic carbocycles. The molecule has 3 rings (SSSR count). The fourth-order valence-electron chi connectivity index (χ4n) is 2.71. The lowest BCUT2D eigenvalue weighted by atomic mass is 10.2. The number of hydrogen-bond donors (Lipinski definition) is 2. The Hall–Kier alpha value is -3.35. The molecule has 0 aliphatic rings. The summed E-state index contributed by atoms with van der Waals surface area (Å²) in [5.41, 5.74) is 3.01. The van der Waals surface area contributed by atoms with E-state index in [0.717, 1.165) is 11.0 Å². The number of nitrogens with one attached hydrogen (secondary N) is 2. The number of aryl methyl sites for hydroxylation is 1. The second kappa shape index (κ2) is 7.69. The number of carbonyl (C=O) groups is 2. The van der Waals surface area contributed by atoms with Crippen LogP contribution in [0.4, 0.5) is 11.4 Å². The van der Waals surface area contributed by atoms with Crippen molar-refractivity contribution in [1.82, 2.24) is 9.55 Å². The van der Waals surface area contributed by atoms with E-state index < -0.39 is 0 Å². The molecule has 2 amide bonds. The molecule has 7 heteroatoms. The summed E-state index contributed by atoms with van der Waals surface area (Å²) in [7, 11) is 1.52. The van der Waals surface area contributed by atoms with Crippen LogP contribution in [0.2, 0.25) is 0 Å². The number of aromatic nitrogens is 2. The molecule has 0 atom stereocenters. The number of rotatable bonds is 6. The van der Waals surface area contributed by atoms with Crippen LogP contribution in [0.3, 0.4) is 0 Å². The summed E-state index contributed by atoms with van der Waals surface area (Å²) in [6, 6.07) is 12.9. The zero-order chi connectivity index (χ0) is 18.5. The van der Waals surface area contributed by atoms with E-state index in [2.05, 4.69) is 15.6 Å². The summed E-state index contributed by atoms with van der Waals surface area (Å²) in [6.45, 7) is 1.95. The average molecular weight is 352 g/mol. The van der Waals surface area contributed by atoms with E-state index in [4.69, 9.17) is 4.74 Å². The van der Waals surface area contributed by atoms with Gasteiger partial charge in [-0.2, -0.15) is 0 Å². The molecule has 0 spiro atoms. The van der Waals surface area contributed by atoms with Crippen molar-refractivity contribution in [3.63, 3.8) is 0 Å². The van der Waals surface area contributed by atoms with Gasteiger partial charge in [-0.05, 0) is 30.3 Å². The molecule has 0 aliphatic heterocycles. The Labute approximate surface area is 151 Å². The smallest absolute Gasteiger partial charge is 0.226 e. The number of imidazole rings is 1. The third-order valence-corrected chi connectivity index (χ3v) is 3.90. The van der Waals surface area contributed by atoms with Gasteiger partial charge in [0.25, 0.3) is 0 Å². The van der Waals surface area contributed by atoms with E-state index in [-0.39, 0.29) is 11.8 Å². The lowest BCUT2D eigenvalue weighted by Crippen LogP contribution is -2.15. The molecule has 2 aromatic carbocycles. The Morgan fingerprint density at radius 3 is 2.73 bits per heavy atom. The standard InChI is InChI=1S/C19H20N4O3/c1-13(24)21-16-11-14(7-8-18(16)26-2)22-19(25)9-10-23-12-20-15-5-3-4-6-17(15)23/h3-8,11-12H,9-10H2,1-2H3,(H,21,24)(H,22,25). The largest absolute Gasteiger partial charge is 0.495 e. The van der Waals surface area contributed by atoms with Crippen molar-refractivity contribution in [2.45, 2.75) is 19.9 Å². The van der Waals surface area contributed by atoms with Gasteiger partial charge in [-0.3, -0.25) is 9.59 Å². The first kappa shape index (κ1) is 17.5. The predicted molar refractivity (Wildman–Crippen MR) is 100 cm³/mol. The number of ether oxygens (including phenoxy) is 1. The van der Waals surface area contributed by atoms with Crippen LogP contribution in [-0.2, 0) is 16.1 Å². The van der Waals surface area contributed by atoms with Gasteiger partial charge in [-0.15, -0.1) is 0 Å². The Kier molecular flexibility index (Phi) is 5.17. The SMILES string of the molecule is COc1ccc(NC(=O)CCn2cnc3ccccc32)cc1NC(C)=O. The third kappa shape index (κ3) is 4.00. The number of benzene rings is 2. The van der Waals surface area contributed by atoms with Gasteiger partial charge in [0.2, 0.25) is 11.8 Å². The van der Waals surface area contributed by atoms with Crippen LogP contribution in [-0.4, -0.2) is 28.5 Å². The highest BCUT2D eigenvalue weighted by molar-refractivity contribution is 5.94. The number of hydrogen-bond acceptors (Lipinski definition) is 4. The first-order valence-electron chi connectivity index (χ1n) is 8.22. The predicted octanol–water partition coefficient (Wildman–Crippen LogP) is 3.03. The minimum atomic E-state index is -0.209. The van der Waals surface area contributed by atoms with Crippen LogP contribution < -0.4 is 15.4 Å². The quantitative estimate of drug-likeness (QED) is 0.714. The molecule has 134 valence electrons. The molecule has 0 fully saturated rings. The highest BCUT2D eigenvalue weighted by Crippen LogP contribution is 2.27. The maximum atomic E-state index is 12.3. The van der Waals surface area contributed by atoms with Crippen LogP contribution in [0.15, 0.2) is 48.8 Å². The number of amides is 2. The molecule has 2 N–H and O–H groups in total. The minimum Gasteiger partial charge on any atom is -0.495 e. The second-order valence-corrected chi connectivity index (χ2v) is 5.82. The Morgan fingerprint density at radius 2 is 1.96 bits per heavy atom. The monoisotopic (exact) mass is 352 g/mol. The van der Waals surface area contributed by atoms with E-state index in [0.29, 0.717) is 30.1 Å². The molecule has 0 unspecified atom stereocenters. The van der Waals surface area contributed by atoms with Crippen LogP contribution in [0.5, 0.6) is 5.75 Å². The molecule has 7 nitrogen and oxygen atoms in total. The molecular weight excluding hydrogens is 332 g/mol. The van der Waals surface area contributed by atoms with Crippen molar-refractivity contribution in [3.05, 3.63) is 48.8 Å². The third-order valence-electron chi connectivity index (χ3n) is 3.90. The first-order valence-corrected chi connectivity index (χ1v) is 8.22. The van der Waals surface area contributed by atoms with E-state index in [1.165, 1.54) is 14.0 Å². The van der Waals surface area contributed by atoms with Crippen molar-refractivity contribution in [1.29, 1.82) is 0 Å². The topological polar surface area (TPSA) is 85.2 Å². The van der Waals surface area contributed by atoms with E-state index in [1.54, 1.807) is 24.5 Å². The van der Waals surface area contributed by atoms with Gasteiger partial charge >= 0.3 is 0 Å². The zero-order valence-electron chi connectivity index (χ0n) is 14.7. The number of nitrogens with zero attached hydrogens (tertiary/aromatic N) is 2. The van der Waals surface area contributed by atoms with E-state index >= 15 is 0 Å². The number of para-hydroxylation sites is 2. The maximum Gasteiger partial charge on any atom is 0.226 e. The van der Waals surface area contributed by atoms with Crippen LogP contribution >= 0.6 is 0 Å². The maximum absolute atomic E-state index is 12.3. The highest BCUT2D eigenvalue weighted by atomic mass is 16.5. The fraction of sp³-hybridized carbons (Fsp3) is 0.211. The van der Waals surface area contributed by atoms with Gasteiger partial charge in [-0.25, -0.2) is 4.98 Å². The molecule has 0 saturated carbocycles. The molecule has 0 saturated heterocycles. The first-order chi connectivity index (χ1) is 12.6. The summed E-state index contributed by atoms with van der Waals surface area (Å²) in [5.74, 6) is 0.198. The average Bonchev–Trinajstić information content (AvgIpc) is 3.03. The number of carbonyl (C=O) groups excluding carboxylic acids is 2.